The lowest BCUT2D eigenvalue weighted by Gasteiger charge is -2.37. The van der Waals surface area contributed by atoms with Gasteiger partial charge in [-0.1, -0.05) is 19.3 Å². The highest BCUT2D eigenvalue weighted by Crippen LogP contribution is 2.35. The number of β-amino-alcohol motifs (C(OH)–C–C–N with tert-alkyl or cyclic N) is 1. The van der Waals surface area contributed by atoms with Crippen LogP contribution >= 0.6 is 0 Å². The first-order chi connectivity index (χ1) is 9.16. The monoisotopic (exact) mass is 263 g/mol. The Morgan fingerprint density at radius 3 is 2.84 bits per heavy atom. The molecule has 4 heteroatoms. The Kier molecular flexibility index (Phi) is 3.63. The van der Waals surface area contributed by atoms with E-state index in [-0.39, 0.29) is 0 Å². The first-order valence-electron chi connectivity index (χ1n) is 7.64. The second kappa shape index (κ2) is 5.25. The average molecular weight is 263 g/mol. The molecule has 0 radical (unpaired) electrons. The molecule has 0 bridgehead atoms. The van der Waals surface area contributed by atoms with Crippen LogP contribution in [0.1, 0.15) is 62.5 Å². The average Bonchev–Trinajstić information content (AvgIpc) is 2.98. The number of hydrogen-bond acceptors (Lipinski definition) is 3. The first-order valence-corrected chi connectivity index (χ1v) is 7.64. The fourth-order valence-corrected chi connectivity index (χ4v) is 3.67. The number of nitrogens with zero attached hydrogens (tertiary/aromatic N) is 2. The summed E-state index contributed by atoms with van der Waals surface area (Å²) in [6, 6.07) is 0.375. The molecule has 0 aromatic carbocycles. The quantitative estimate of drug-likeness (QED) is 0.881. The summed E-state index contributed by atoms with van der Waals surface area (Å²) in [5.41, 5.74) is 0.667. The van der Waals surface area contributed by atoms with Crippen molar-refractivity contribution >= 4 is 0 Å². The summed E-state index contributed by atoms with van der Waals surface area (Å²) in [5.74, 6) is 1.08. The fraction of sp³-hybridized carbons (Fsp3) is 0.800. The molecule has 2 heterocycles. The molecule has 19 heavy (non-hydrogen) atoms. The zero-order valence-electron chi connectivity index (χ0n) is 11.9. The molecule has 2 N–H and O–H groups in total. The smallest absolute Gasteiger partial charge is 0.123 e. The molecule has 1 saturated carbocycles. The summed E-state index contributed by atoms with van der Waals surface area (Å²) in [5, 5.41) is 10.7. The molecule has 1 saturated heterocycles. The normalized spacial score (nSPS) is 27.8. The molecular weight excluding hydrogens is 238 g/mol. The van der Waals surface area contributed by atoms with Crippen molar-refractivity contribution < 1.29 is 5.11 Å². The van der Waals surface area contributed by atoms with E-state index in [0.717, 1.165) is 43.9 Å². The Morgan fingerprint density at radius 2 is 2.16 bits per heavy atom. The number of aliphatic hydroxyl groups is 1. The Balaban J connectivity index is 1.69. The Morgan fingerprint density at radius 1 is 1.37 bits per heavy atom. The molecule has 1 aromatic rings. The van der Waals surface area contributed by atoms with Gasteiger partial charge in [-0.15, -0.1) is 0 Å². The molecule has 0 spiro atoms. The summed E-state index contributed by atoms with van der Waals surface area (Å²) in [6.45, 7) is 3.95. The van der Waals surface area contributed by atoms with Crippen LogP contribution in [0.5, 0.6) is 0 Å². The van der Waals surface area contributed by atoms with Gasteiger partial charge in [0.05, 0.1) is 11.6 Å². The van der Waals surface area contributed by atoms with Gasteiger partial charge in [-0.2, -0.15) is 0 Å². The molecule has 1 aliphatic heterocycles. The zero-order valence-corrected chi connectivity index (χ0v) is 11.9. The minimum absolute atomic E-state index is 0.375. The van der Waals surface area contributed by atoms with Gasteiger partial charge in [0.2, 0.25) is 0 Å². The third-order valence-corrected chi connectivity index (χ3v) is 4.68. The predicted molar refractivity (Wildman–Crippen MR) is 74.9 cm³/mol. The molecule has 1 aliphatic carbocycles. The number of nitrogens with one attached hydrogen (secondary N) is 1. The van der Waals surface area contributed by atoms with Crippen molar-refractivity contribution in [2.45, 2.75) is 63.5 Å². The number of hydrogen-bond donors (Lipinski definition) is 2. The summed E-state index contributed by atoms with van der Waals surface area (Å²) in [7, 11) is 0. The lowest BCUT2D eigenvalue weighted by Crippen LogP contribution is -2.44. The van der Waals surface area contributed by atoms with Crippen molar-refractivity contribution in [2.24, 2.45) is 0 Å². The minimum Gasteiger partial charge on any atom is -0.389 e. The van der Waals surface area contributed by atoms with Gasteiger partial charge in [-0.05, 0) is 39.2 Å². The van der Waals surface area contributed by atoms with E-state index in [1.807, 2.05) is 13.1 Å². The number of aromatic amines is 1. The maximum atomic E-state index is 10.7. The van der Waals surface area contributed by atoms with Crippen molar-refractivity contribution in [1.82, 2.24) is 14.9 Å². The number of rotatable bonds is 3. The molecule has 106 valence electrons. The molecule has 1 atom stereocenters. The van der Waals surface area contributed by atoms with E-state index in [9.17, 15) is 5.11 Å². The van der Waals surface area contributed by atoms with Gasteiger partial charge >= 0.3 is 0 Å². The number of imidazole rings is 1. The topological polar surface area (TPSA) is 52.1 Å². The third kappa shape index (κ3) is 2.84. The van der Waals surface area contributed by atoms with E-state index >= 15 is 0 Å². The maximum absolute atomic E-state index is 10.7. The minimum atomic E-state index is -0.456. The molecule has 0 amide bonds. The van der Waals surface area contributed by atoms with Gasteiger partial charge in [0.15, 0.2) is 0 Å². The van der Waals surface area contributed by atoms with Gasteiger partial charge < -0.3 is 10.1 Å². The maximum Gasteiger partial charge on any atom is 0.123 e. The summed E-state index contributed by atoms with van der Waals surface area (Å²) in [4.78, 5) is 10.3. The highest BCUT2D eigenvalue weighted by molar-refractivity contribution is 5.06. The summed E-state index contributed by atoms with van der Waals surface area (Å²) < 4.78 is 0. The molecule has 2 aliphatic rings. The largest absolute Gasteiger partial charge is 0.389 e. The number of likely N-dealkylation sites (tertiary alicyclic amines) is 1. The highest BCUT2D eigenvalue weighted by atomic mass is 16.3. The predicted octanol–water partition coefficient (Wildman–Crippen LogP) is 2.55. The number of aromatic nitrogens is 2. The van der Waals surface area contributed by atoms with Crippen LogP contribution in [0.4, 0.5) is 0 Å². The Hall–Kier alpha value is -0.870. The van der Waals surface area contributed by atoms with Crippen LogP contribution in [-0.4, -0.2) is 38.7 Å². The fourth-order valence-electron chi connectivity index (χ4n) is 3.67. The first kappa shape index (κ1) is 13.1. The molecule has 1 aromatic heterocycles. The van der Waals surface area contributed by atoms with Crippen LogP contribution in [0.3, 0.4) is 0 Å². The Bertz CT molecular complexity index is 423. The van der Waals surface area contributed by atoms with E-state index < -0.39 is 5.60 Å². The van der Waals surface area contributed by atoms with E-state index in [2.05, 4.69) is 14.9 Å². The second-order valence-corrected chi connectivity index (χ2v) is 6.36. The zero-order chi connectivity index (χ0) is 13.3. The Labute approximate surface area is 115 Å². The van der Waals surface area contributed by atoms with Crippen molar-refractivity contribution in [1.29, 1.82) is 0 Å². The van der Waals surface area contributed by atoms with Gasteiger partial charge in [-0.25, -0.2) is 4.98 Å². The summed E-state index contributed by atoms with van der Waals surface area (Å²) >= 11 is 0. The lowest BCUT2D eigenvalue weighted by molar-refractivity contribution is -0.0298. The van der Waals surface area contributed by atoms with Gasteiger partial charge in [0.1, 0.15) is 5.82 Å². The number of H-pyrrole nitrogens is 1. The van der Waals surface area contributed by atoms with Crippen molar-refractivity contribution in [3.8, 4) is 0 Å². The van der Waals surface area contributed by atoms with Crippen LogP contribution < -0.4 is 0 Å². The van der Waals surface area contributed by atoms with E-state index in [0.29, 0.717) is 6.04 Å². The molecule has 4 nitrogen and oxygen atoms in total. The molecule has 3 rings (SSSR count). The van der Waals surface area contributed by atoms with E-state index in [1.165, 1.54) is 25.7 Å². The van der Waals surface area contributed by atoms with Gasteiger partial charge in [0.25, 0.3) is 0 Å². The molecule has 2 fully saturated rings. The van der Waals surface area contributed by atoms with Crippen LogP contribution in [0.15, 0.2) is 6.20 Å². The molecule has 1 unspecified atom stereocenters. The third-order valence-electron chi connectivity index (χ3n) is 4.68. The summed E-state index contributed by atoms with van der Waals surface area (Å²) in [6.07, 6.45) is 9.83. The standard InChI is InChI=1S/C15H25N3O/c1-12-10-16-14(17-12)13-6-5-9-18(13)11-15(19)7-3-2-4-8-15/h10,13,19H,2-9,11H2,1H3,(H,16,17). The van der Waals surface area contributed by atoms with Crippen molar-refractivity contribution in [2.75, 3.05) is 13.1 Å². The van der Waals surface area contributed by atoms with E-state index in [1.54, 1.807) is 0 Å². The highest BCUT2D eigenvalue weighted by Gasteiger charge is 2.36. The van der Waals surface area contributed by atoms with Gasteiger partial charge in [0, 0.05) is 18.4 Å². The number of aryl methyl sites for hydroxylation is 1. The van der Waals surface area contributed by atoms with Gasteiger partial charge in [-0.3, -0.25) is 4.90 Å². The second-order valence-electron chi connectivity index (χ2n) is 6.36. The SMILES string of the molecule is Cc1cnc(C2CCCN2CC2(O)CCCCC2)[nH]1. The van der Waals surface area contributed by atoms with Crippen molar-refractivity contribution in [3.63, 3.8) is 0 Å². The van der Waals surface area contributed by atoms with Crippen LogP contribution in [0, 0.1) is 6.92 Å². The van der Waals surface area contributed by atoms with Crippen molar-refractivity contribution in [3.05, 3.63) is 17.7 Å². The van der Waals surface area contributed by atoms with Crippen LogP contribution in [0.2, 0.25) is 0 Å². The lowest BCUT2D eigenvalue weighted by atomic mass is 9.84. The van der Waals surface area contributed by atoms with Crippen LogP contribution in [0.25, 0.3) is 0 Å². The molecular formula is C15H25N3O. The van der Waals surface area contributed by atoms with E-state index in [4.69, 9.17) is 0 Å². The van der Waals surface area contributed by atoms with Crippen LogP contribution in [-0.2, 0) is 0 Å².